The number of nitrogens with one attached hydrogen (secondary N) is 2. The Labute approximate surface area is 247 Å². The molecular formula is C31H33F3N6O3. The van der Waals surface area contributed by atoms with E-state index in [4.69, 9.17) is 0 Å². The van der Waals surface area contributed by atoms with E-state index in [-0.39, 0.29) is 0 Å². The van der Waals surface area contributed by atoms with Gasteiger partial charge in [-0.25, -0.2) is 18.2 Å². The second-order valence-electron chi connectivity index (χ2n) is 9.96. The van der Waals surface area contributed by atoms with E-state index in [1.54, 1.807) is 29.3 Å². The molecular weight excluding hydrogens is 561 g/mol. The first-order valence-electron chi connectivity index (χ1n) is 14.0. The monoisotopic (exact) mass is 594 g/mol. The van der Waals surface area contributed by atoms with Gasteiger partial charge in [-0.3, -0.25) is 19.4 Å². The van der Waals surface area contributed by atoms with Crippen LogP contribution in [0.1, 0.15) is 37.6 Å². The number of halogens is 3. The van der Waals surface area contributed by atoms with Crippen LogP contribution in [-0.4, -0.2) is 71.7 Å². The number of para-hydroxylation sites is 1. The zero-order valence-corrected chi connectivity index (χ0v) is 24.1. The molecule has 0 spiro atoms. The van der Waals surface area contributed by atoms with Crippen molar-refractivity contribution in [2.75, 3.05) is 31.1 Å². The minimum atomic E-state index is -1.42. The number of aromatic nitrogens is 1. The van der Waals surface area contributed by atoms with Crippen LogP contribution >= 0.6 is 0 Å². The van der Waals surface area contributed by atoms with E-state index in [0.717, 1.165) is 13.1 Å². The minimum absolute atomic E-state index is 0.330. The molecule has 2 atom stereocenters. The Hall–Kier alpha value is -4.58. The molecule has 0 fully saturated rings. The van der Waals surface area contributed by atoms with E-state index in [9.17, 15) is 27.6 Å². The molecule has 1 aromatic heterocycles. The zero-order valence-electron chi connectivity index (χ0n) is 24.1. The standard InChI is InChI=1S/C31H33F3N6O3/c1-4-39(5-2)14-15-40-25-12-7-6-10-22(25)28(24-11-8-9-13-35-24)37-29(31(40)43)38-30(42)19(3)36-26(41)17-20-16-21(32)18-23(33)27(20)34/h6-13,16,18-19,29H,4-5,14-15,17H2,1-3H3,(H,36,41)(H,38,42)/t19-,29?/m0/s1. The van der Waals surface area contributed by atoms with E-state index >= 15 is 0 Å². The van der Waals surface area contributed by atoms with Crippen LogP contribution in [0.5, 0.6) is 0 Å². The van der Waals surface area contributed by atoms with E-state index in [2.05, 4.69) is 25.5 Å². The topological polar surface area (TPSA) is 107 Å². The van der Waals surface area contributed by atoms with Crippen molar-refractivity contribution in [2.45, 2.75) is 39.4 Å². The molecule has 0 bridgehead atoms. The Morgan fingerprint density at radius 3 is 2.47 bits per heavy atom. The number of hydrogen-bond donors (Lipinski definition) is 2. The number of nitrogens with zero attached hydrogens (tertiary/aromatic N) is 4. The maximum Gasteiger partial charge on any atom is 0.272 e. The second kappa shape index (κ2) is 14.1. The largest absolute Gasteiger partial charge is 0.344 e. The predicted molar refractivity (Wildman–Crippen MR) is 156 cm³/mol. The van der Waals surface area contributed by atoms with E-state index in [0.29, 0.717) is 47.9 Å². The quantitative estimate of drug-likeness (QED) is 0.332. The van der Waals surface area contributed by atoms with Crippen molar-refractivity contribution in [2.24, 2.45) is 4.99 Å². The number of hydrogen-bond acceptors (Lipinski definition) is 6. The number of carbonyl (C=O) groups excluding carboxylic acids is 3. The van der Waals surface area contributed by atoms with E-state index < -0.39 is 59.4 Å². The first-order chi connectivity index (χ1) is 20.6. The highest BCUT2D eigenvalue weighted by molar-refractivity contribution is 6.19. The maximum absolute atomic E-state index is 14.0. The van der Waals surface area contributed by atoms with Crippen LogP contribution in [0, 0.1) is 17.5 Å². The molecule has 2 heterocycles. The average molecular weight is 595 g/mol. The molecule has 43 heavy (non-hydrogen) atoms. The van der Waals surface area contributed by atoms with E-state index in [1.165, 1.54) is 6.92 Å². The van der Waals surface area contributed by atoms with Crippen molar-refractivity contribution in [3.63, 3.8) is 0 Å². The van der Waals surface area contributed by atoms with Gasteiger partial charge in [-0.05, 0) is 44.3 Å². The Morgan fingerprint density at radius 2 is 1.77 bits per heavy atom. The molecule has 0 aliphatic carbocycles. The molecule has 0 saturated heterocycles. The van der Waals surface area contributed by atoms with Gasteiger partial charge in [0.15, 0.2) is 11.6 Å². The lowest BCUT2D eigenvalue weighted by atomic mass is 10.0. The number of likely N-dealkylation sites (N-methyl/N-ethyl adjacent to an activating group) is 1. The van der Waals surface area contributed by atoms with Gasteiger partial charge in [-0.2, -0.15) is 0 Å². The molecule has 0 radical (unpaired) electrons. The fraction of sp³-hybridized carbons (Fsp3) is 0.323. The van der Waals surface area contributed by atoms with Gasteiger partial charge in [-0.15, -0.1) is 0 Å². The van der Waals surface area contributed by atoms with Crippen LogP contribution < -0.4 is 15.5 Å². The highest BCUT2D eigenvalue weighted by Crippen LogP contribution is 2.28. The molecule has 1 aliphatic rings. The van der Waals surface area contributed by atoms with Crippen LogP contribution in [0.2, 0.25) is 0 Å². The summed E-state index contributed by atoms with van der Waals surface area (Å²) in [4.78, 5) is 52.6. The molecule has 3 amide bonds. The number of anilines is 1. The van der Waals surface area contributed by atoms with Crippen molar-refractivity contribution in [3.8, 4) is 0 Å². The summed E-state index contributed by atoms with van der Waals surface area (Å²) < 4.78 is 41.2. The fourth-order valence-electron chi connectivity index (χ4n) is 4.77. The molecule has 1 unspecified atom stereocenters. The lowest BCUT2D eigenvalue weighted by molar-refractivity contribution is -0.130. The third-order valence-corrected chi connectivity index (χ3v) is 7.12. The first kappa shape index (κ1) is 31.4. The van der Waals surface area contributed by atoms with Crippen LogP contribution in [0.4, 0.5) is 18.9 Å². The summed E-state index contributed by atoms with van der Waals surface area (Å²) in [5.41, 5.74) is 1.69. The first-order valence-corrected chi connectivity index (χ1v) is 14.0. The molecule has 1 aliphatic heterocycles. The number of benzodiazepines with no additional fused rings is 1. The number of amides is 3. The highest BCUT2D eigenvalue weighted by Gasteiger charge is 2.34. The normalized spacial score (nSPS) is 15.4. The minimum Gasteiger partial charge on any atom is -0.344 e. The maximum atomic E-state index is 14.0. The molecule has 9 nitrogen and oxygen atoms in total. The lowest BCUT2D eigenvalue weighted by Gasteiger charge is -2.28. The highest BCUT2D eigenvalue weighted by atomic mass is 19.2. The third-order valence-electron chi connectivity index (χ3n) is 7.12. The number of pyridine rings is 1. The Kier molecular flexibility index (Phi) is 10.3. The van der Waals surface area contributed by atoms with Crippen molar-refractivity contribution in [1.29, 1.82) is 0 Å². The number of benzene rings is 2. The predicted octanol–water partition coefficient (Wildman–Crippen LogP) is 3.21. The summed E-state index contributed by atoms with van der Waals surface area (Å²) >= 11 is 0. The number of carbonyl (C=O) groups is 3. The Morgan fingerprint density at radius 1 is 1.05 bits per heavy atom. The van der Waals surface area contributed by atoms with Crippen molar-refractivity contribution in [1.82, 2.24) is 20.5 Å². The summed E-state index contributed by atoms with van der Waals surface area (Å²) in [5, 5.41) is 5.01. The van der Waals surface area contributed by atoms with Gasteiger partial charge < -0.3 is 20.4 Å². The van der Waals surface area contributed by atoms with E-state index in [1.807, 2.05) is 38.1 Å². The summed E-state index contributed by atoms with van der Waals surface area (Å²) in [6.07, 6.45) is -0.455. The molecule has 4 rings (SSSR count). The second-order valence-corrected chi connectivity index (χ2v) is 9.96. The van der Waals surface area contributed by atoms with Crippen molar-refractivity contribution in [3.05, 3.63) is 95.1 Å². The molecule has 0 saturated carbocycles. The van der Waals surface area contributed by atoms with Gasteiger partial charge in [-0.1, -0.05) is 38.1 Å². The Balaban J connectivity index is 1.60. The van der Waals surface area contributed by atoms with Crippen LogP contribution in [-0.2, 0) is 20.8 Å². The lowest BCUT2D eigenvalue weighted by Crippen LogP contribution is -2.53. The fourth-order valence-corrected chi connectivity index (χ4v) is 4.77. The van der Waals surface area contributed by atoms with Crippen LogP contribution in [0.15, 0.2) is 65.8 Å². The summed E-state index contributed by atoms with van der Waals surface area (Å²) in [6.45, 7) is 7.92. The SMILES string of the molecule is CCN(CC)CCN1C(=O)C(NC(=O)[C@H](C)NC(=O)Cc2cc(F)cc(F)c2F)N=C(c2ccccn2)c2ccccc21. The Bertz CT molecular complexity index is 1510. The van der Waals surface area contributed by atoms with Gasteiger partial charge in [0.1, 0.15) is 11.9 Å². The van der Waals surface area contributed by atoms with Crippen molar-refractivity contribution < 1.29 is 27.6 Å². The molecule has 3 aromatic rings. The summed E-state index contributed by atoms with van der Waals surface area (Å²) in [7, 11) is 0. The zero-order chi connectivity index (χ0) is 31.1. The number of fused-ring (bicyclic) bond motifs is 1. The van der Waals surface area contributed by atoms with Gasteiger partial charge in [0, 0.05) is 36.5 Å². The van der Waals surface area contributed by atoms with Gasteiger partial charge >= 0.3 is 0 Å². The molecule has 2 N–H and O–H groups in total. The molecule has 12 heteroatoms. The van der Waals surface area contributed by atoms with Crippen molar-refractivity contribution >= 4 is 29.1 Å². The summed E-state index contributed by atoms with van der Waals surface area (Å²) in [6, 6.07) is 12.5. The number of aliphatic imine (C=N–C) groups is 1. The summed E-state index contributed by atoms with van der Waals surface area (Å²) in [5.74, 6) is -5.87. The smallest absolute Gasteiger partial charge is 0.272 e. The van der Waals surface area contributed by atoms with Gasteiger partial charge in [0.2, 0.25) is 18.0 Å². The third kappa shape index (κ3) is 7.44. The van der Waals surface area contributed by atoms with Crippen LogP contribution in [0.3, 0.4) is 0 Å². The van der Waals surface area contributed by atoms with Crippen LogP contribution in [0.25, 0.3) is 0 Å². The van der Waals surface area contributed by atoms with Gasteiger partial charge in [0.25, 0.3) is 5.91 Å². The number of rotatable bonds is 11. The molecule has 226 valence electrons. The van der Waals surface area contributed by atoms with Gasteiger partial charge in [0.05, 0.1) is 23.5 Å². The molecule has 2 aromatic carbocycles. The average Bonchev–Trinajstić information content (AvgIpc) is 3.11.